The molecule has 3 rings (SSSR count). The van der Waals surface area contributed by atoms with Crippen LogP contribution in [0.25, 0.3) is 0 Å². The van der Waals surface area contributed by atoms with Gasteiger partial charge in [0.1, 0.15) is 18.0 Å². The highest BCUT2D eigenvalue weighted by Crippen LogP contribution is 2.31. The molecular weight excluding hydrogens is 472 g/mol. The zero-order valence-corrected chi connectivity index (χ0v) is 19.9. The van der Waals surface area contributed by atoms with Gasteiger partial charge in [0.05, 0.1) is 17.4 Å². The molecule has 2 fully saturated rings. The van der Waals surface area contributed by atoms with Crippen LogP contribution in [0.4, 0.5) is 0 Å². The molecule has 0 bridgehead atoms. The van der Waals surface area contributed by atoms with Crippen molar-refractivity contribution in [2.24, 2.45) is 11.8 Å². The number of carbonyl (C=O) groups excluding carboxylic acids is 4. The first-order valence-corrected chi connectivity index (χ1v) is 12.0. The van der Waals surface area contributed by atoms with Gasteiger partial charge in [-0.05, 0) is 75.6 Å². The van der Waals surface area contributed by atoms with E-state index in [-0.39, 0.29) is 41.3 Å². The quantitative estimate of drug-likeness (QED) is 0.231. The van der Waals surface area contributed by atoms with Crippen LogP contribution >= 0.6 is 0 Å². The van der Waals surface area contributed by atoms with Gasteiger partial charge in [-0.15, -0.1) is 0 Å². The molecule has 2 aliphatic rings. The van der Waals surface area contributed by atoms with Gasteiger partial charge in [-0.1, -0.05) is 6.58 Å². The number of rotatable bonds is 9. The van der Waals surface area contributed by atoms with Gasteiger partial charge in [0.2, 0.25) is 0 Å². The lowest BCUT2D eigenvalue weighted by Crippen LogP contribution is -2.33. The Morgan fingerprint density at radius 2 is 1.39 bits per heavy atom. The highest BCUT2D eigenvalue weighted by atomic mass is 16.6. The molecule has 0 radical (unpaired) electrons. The van der Waals surface area contributed by atoms with Gasteiger partial charge in [0, 0.05) is 6.08 Å². The van der Waals surface area contributed by atoms with Crippen molar-refractivity contribution in [1.82, 2.24) is 0 Å². The maximum Gasteiger partial charge on any atom is 0.349 e. The van der Waals surface area contributed by atoms with E-state index < -0.39 is 30.5 Å². The summed E-state index contributed by atoms with van der Waals surface area (Å²) in [5, 5.41) is 9.08. The molecule has 10 heteroatoms. The zero-order chi connectivity index (χ0) is 26.1. The second kappa shape index (κ2) is 12.9. The summed E-state index contributed by atoms with van der Waals surface area (Å²) in [6.07, 6.45) is 4.73. The summed E-state index contributed by atoms with van der Waals surface area (Å²) in [7, 11) is 0. The maximum atomic E-state index is 12.5. The maximum absolute atomic E-state index is 12.5. The normalized spacial score (nSPS) is 23.6. The molecule has 2 aliphatic carbocycles. The van der Waals surface area contributed by atoms with Crippen molar-refractivity contribution in [3.63, 3.8) is 0 Å². The molecule has 0 aromatic heterocycles. The minimum atomic E-state index is -0.796. The minimum absolute atomic E-state index is 0.182. The molecule has 0 atom stereocenters. The monoisotopic (exact) mass is 502 g/mol. The van der Waals surface area contributed by atoms with E-state index >= 15 is 0 Å². The number of hydrogen-bond donors (Lipinski definition) is 1. The summed E-state index contributed by atoms with van der Waals surface area (Å²) in [5.41, 5.74) is 0.284. The van der Waals surface area contributed by atoms with Crippen LogP contribution in [-0.4, -0.2) is 53.8 Å². The fraction of sp³-hybridized carbons (Fsp3) is 0.500. The van der Waals surface area contributed by atoms with Crippen molar-refractivity contribution < 1.29 is 48.0 Å². The summed E-state index contributed by atoms with van der Waals surface area (Å²) >= 11 is 0. The van der Waals surface area contributed by atoms with E-state index in [2.05, 4.69) is 11.3 Å². The van der Waals surface area contributed by atoms with Crippen LogP contribution < -0.4 is 4.74 Å². The molecule has 36 heavy (non-hydrogen) atoms. The largest absolute Gasteiger partial charge is 0.481 e. The first-order valence-electron chi connectivity index (χ1n) is 12.0. The zero-order valence-electron chi connectivity index (χ0n) is 19.9. The third-order valence-electron chi connectivity index (χ3n) is 6.41. The Kier molecular flexibility index (Phi) is 9.61. The van der Waals surface area contributed by atoms with Crippen LogP contribution in [0.2, 0.25) is 0 Å². The molecule has 0 spiro atoms. The topological polar surface area (TPSA) is 143 Å². The summed E-state index contributed by atoms with van der Waals surface area (Å²) in [4.78, 5) is 58.7. The number of aliphatic carboxylic acids is 1. The number of carboxylic acids is 1. The van der Waals surface area contributed by atoms with E-state index in [9.17, 15) is 24.0 Å². The van der Waals surface area contributed by atoms with Gasteiger partial charge in [0.15, 0.2) is 6.61 Å². The van der Waals surface area contributed by atoms with E-state index in [4.69, 9.17) is 19.3 Å². The molecule has 1 N–H and O–H groups in total. The fourth-order valence-corrected chi connectivity index (χ4v) is 4.33. The molecule has 0 amide bonds. The van der Waals surface area contributed by atoms with Gasteiger partial charge in [0.25, 0.3) is 0 Å². The Balaban J connectivity index is 1.38. The number of carboxylic acid groups (broad SMARTS) is 1. The predicted octanol–water partition coefficient (Wildman–Crippen LogP) is 3.22. The molecular formula is C26H30O10. The molecule has 10 nitrogen and oxygen atoms in total. The van der Waals surface area contributed by atoms with Gasteiger partial charge in [-0.3, -0.25) is 9.59 Å². The van der Waals surface area contributed by atoms with Crippen LogP contribution in [0.3, 0.4) is 0 Å². The summed E-state index contributed by atoms with van der Waals surface area (Å²) < 4.78 is 20.8. The average molecular weight is 503 g/mol. The first-order chi connectivity index (χ1) is 17.2. The summed E-state index contributed by atoms with van der Waals surface area (Å²) in [6, 6.07) is 5.78. The van der Waals surface area contributed by atoms with Crippen molar-refractivity contribution in [3.05, 3.63) is 42.5 Å². The van der Waals surface area contributed by atoms with Gasteiger partial charge in [-0.25, -0.2) is 14.4 Å². The second-order valence-corrected chi connectivity index (χ2v) is 8.94. The fourth-order valence-electron chi connectivity index (χ4n) is 4.33. The third kappa shape index (κ3) is 7.93. The average Bonchev–Trinajstić information content (AvgIpc) is 2.88. The van der Waals surface area contributed by atoms with Crippen LogP contribution in [0.1, 0.15) is 61.7 Å². The number of benzene rings is 1. The summed E-state index contributed by atoms with van der Waals surface area (Å²) in [5.74, 6) is -3.52. The lowest BCUT2D eigenvalue weighted by Gasteiger charge is -2.30. The molecule has 1 aromatic rings. The number of carbonyl (C=O) groups is 5. The second-order valence-electron chi connectivity index (χ2n) is 8.94. The van der Waals surface area contributed by atoms with E-state index in [0.717, 1.165) is 6.08 Å². The van der Waals surface area contributed by atoms with Crippen LogP contribution in [0.15, 0.2) is 36.9 Å². The van der Waals surface area contributed by atoms with Crippen molar-refractivity contribution >= 4 is 29.8 Å². The molecule has 194 valence electrons. The smallest absolute Gasteiger partial charge is 0.349 e. The molecule has 0 heterocycles. The summed E-state index contributed by atoms with van der Waals surface area (Å²) in [6.45, 7) is 2.66. The highest BCUT2D eigenvalue weighted by Gasteiger charge is 2.33. The molecule has 1 aromatic carbocycles. The number of esters is 4. The Labute approximate surface area is 208 Å². The van der Waals surface area contributed by atoms with Crippen LogP contribution in [0.5, 0.6) is 5.75 Å². The predicted molar refractivity (Wildman–Crippen MR) is 124 cm³/mol. The van der Waals surface area contributed by atoms with Crippen LogP contribution in [0, 0.1) is 11.8 Å². The van der Waals surface area contributed by atoms with E-state index in [0.29, 0.717) is 51.4 Å². The van der Waals surface area contributed by atoms with Crippen molar-refractivity contribution in [3.8, 4) is 5.75 Å². The van der Waals surface area contributed by atoms with Crippen molar-refractivity contribution in [2.45, 2.75) is 63.6 Å². The van der Waals surface area contributed by atoms with E-state index in [1.807, 2.05) is 0 Å². The van der Waals surface area contributed by atoms with Crippen LogP contribution in [-0.2, 0) is 33.4 Å². The highest BCUT2D eigenvalue weighted by molar-refractivity contribution is 5.90. The Hall–Kier alpha value is -3.69. The lowest BCUT2D eigenvalue weighted by molar-refractivity contribution is -0.158. The Morgan fingerprint density at radius 1 is 0.833 bits per heavy atom. The van der Waals surface area contributed by atoms with Gasteiger partial charge >= 0.3 is 29.8 Å². The SMILES string of the molecule is C=CC(=O)OCC(=O)Oc1ccc(C(=O)OC2CCC(C(=O)OC3CCC(C(=O)O)CC3)CC2)cc1. The Bertz CT molecular complexity index is 967. The molecule has 0 saturated heterocycles. The molecule has 0 aliphatic heterocycles. The van der Waals surface area contributed by atoms with E-state index in [1.165, 1.54) is 24.3 Å². The lowest BCUT2D eigenvalue weighted by atomic mass is 9.86. The third-order valence-corrected chi connectivity index (χ3v) is 6.41. The number of hydrogen-bond acceptors (Lipinski definition) is 9. The van der Waals surface area contributed by atoms with Gasteiger partial charge < -0.3 is 24.1 Å². The molecule has 2 saturated carbocycles. The minimum Gasteiger partial charge on any atom is -0.481 e. The standard InChI is InChI=1S/C26H30O10/c1-2-22(27)33-15-23(28)34-19-11-5-17(6-12-19)25(31)36-21-13-7-18(8-14-21)26(32)35-20-9-3-16(4-10-20)24(29)30/h2,5-6,11-12,16,18,20-21H,1,3-4,7-10,13-15H2,(H,29,30). The van der Waals surface area contributed by atoms with Crippen molar-refractivity contribution in [1.29, 1.82) is 0 Å². The van der Waals surface area contributed by atoms with Crippen molar-refractivity contribution in [2.75, 3.05) is 6.61 Å². The van der Waals surface area contributed by atoms with E-state index in [1.54, 1.807) is 0 Å². The number of ether oxygens (including phenoxy) is 4. The Morgan fingerprint density at radius 3 is 1.94 bits per heavy atom. The molecule has 0 unspecified atom stereocenters. The first kappa shape index (κ1) is 26.9. The van der Waals surface area contributed by atoms with Gasteiger partial charge in [-0.2, -0.15) is 0 Å².